The summed E-state index contributed by atoms with van der Waals surface area (Å²) >= 11 is 0. The topological polar surface area (TPSA) is 54.5 Å². The van der Waals surface area contributed by atoms with Crippen LogP contribution in [0.25, 0.3) is 0 Å². The first kappa shape index (κ1) is 13.9. The van der Waals surface area contributed by atoms with Gasteiger partial charge in [0.15, 0.2) is 9.84 Å². The van der Waals surface area contributed by atoms with E-state index in [-0.39, 0.29) is 17.1 Å². The number of carbonyl (C=O) groups is 1. The van der Waals surface area contributed by atoms with E-state index in [4.69, 9.17) is 0 Å². The lowest BCUT2D eigenvalue weighted by Crippen LogP contribution is -2.37. The summed E-state index contributed by atoms with van der Waals surface area (Å²) in [7, 11) is -1.67. The normalized spacial score (nSPS) is 21.3. The monoisotopic (exact) mass is 289 g/mol. The molecule has 104 valence electrons. The van der Waals surface area contributed by atoms with Crippen LogP contribution in [-0.4, -0.2) is 43.8 Å². The van der Waals surface area contributed by atoms with E-state index in [1.807, 2.05) is 0 Å². The Bertz CT molecular complexity index is 595. The van der Waals surface area contributed by atoms with Gasteiger partial charge in [0.2, 0.25) is 0 Å². The van der Waals surface area contributed by atoms with Gasteiger partial charge in [-0.1, -0.05) is 0 Å². The highest BCUT2D eigenvalue weighted by Crippen LogP contribution is 2.19. The minimum atomic E-state index is -3.11. The van der Waals surface area contributed by atoms with Crippen molar-refractivity contribution < 1.29 is 22.0 Å². The maximum Gasteiger partial charge on any atom is 0.254 e. The number of hydrogen-bond donors (Lipinski definition) is 0. The summed E-state index contributed by atoms with van der Waals surface area (Å²) in [5, 5.41) is 0. The Morgan fingerprint density at radius 3 is 2.32 bits per heavy atom. The quantitative estimate of drug-likeness (QED) is 0.822. The van der Waals surface area contributed by atoms with E-state index in [2.05, 4.69) is 0 Å². The van der Waals surface area contributed by atoms with Gasteiger partial charge in [0.25, 0.3) is 5.91 Å². The molecule has 0 aliphatic carbocycles. The lowest BCUT2D eigenvalue weighted by atomic mass is 10.1. The van der Waals surface area contributed by atoms with Gasteiger partial charge in [-0.3, -0.25) is 4.79 Å². The number of hydrogen-bond acceptors (Lipinski definition) is 3. The summed E-state index contributed by atoms with van der Waals surface area (Å²) in [5.74, 6) is -2.33. The Balaban J connectivity index is 2.20. The number of halogens is 2. The molecule has 1 fully saturated rings. The average Bonchev–Trinajstić information content (AvgIpc) is 2.66. The highest BCUT2D eigenvalue weighted by Gasteiger charge is 2.33. The van der Waals surface area contributed by atoms with Gasteiger partial charge in [-0.25, -0.2) is 17.2 Å². The summed E-state index contributed by atoms with van der Waals surface area (Å²) < 4.78 is 48.8. The Hall–Kier alpha value is -1.50. The van der Waals surface area contributed by atoms with Gasteiger partial charge in [0, 0.05) is 24.7 Å². The smallest absolute Gasteiger partial charge is 0.254 e. The SMILES string of the molecule is CN(C(=O)c1cc(F)cc(F)c1)C1CCS(=O)(=O)C1. The largest absolute Gasteiger partial charge is 0.338 e. The molecule has 7 heteroatoms. The van der Waals surface area contributed by atoms with Crippen LogP contribution in [0.1, 0.15) is 16.8 Å². The first-order chi connectivity index (χ1) is 8.78. The molecule has 1 aromatic carbocycles. The first-order valence-electron chi connectivity index (χ1n) is 5.72. The van der Waals surface area contributed by atoms with Crippen molar-refractivity contribution in [1.82, 2.24) is 4.90 Å². The van der Waals surface area contributed by atoms with Gasteiger partial charge in [0.1, 0.15) is 11.6 Å². The summed E-state index contributed by atoms with van der Waals surface area (Å²) in [5.41, 5.74) is -0.121. The van der Waals surface area contributed by atoms with Gasteiger partial charge in [-0.2, -0.15) is 0 Å². The predicted molar refractivity (Wildman–Crippen MR) is 65.5 cm³/mol. The van der Waals surface area contributed by atoms with Crippen molar-refractivity contribution in [3.63, 3.8) is 0 Å². The van der Waals surface area contributed by atoms with E-state index in [0.717, 1.165) is 12.1 Å². The lowest BCUT2D eigenvalue weighted by Gasteiger charge is -2.23. The number of carbonyl (C=O) groups excluding carboxylic acids is 1. The van der Waals surface area contributed by atoms with Gasteiger partial charge in [-0.15, -0.1) is 0 Å². The Labute approximate surface area is 109 Å². The third-order valence-corrected chi connectivity index (χ3v) is 4.94. The minimum Gasteiger partial charge on any atom is -0.338 e. The van der Waals surface area contributed by atoms with E-state index in [0.29, 0.717) is 12.5 Å². The number of nitrogens with zero attached hydrogens (tertiary/aromatic N) is 1. The van der Waals surface area contributed by atoms with Crippen molar-refractivity contribution in [2.45, 2.75) is 12.5 Å². The van der Waals surface area contributed by atoms with E-state index >= 15 is 0 Å². The third-order valence-electron chi connectivity index (χ3n) is 3.19. The van der Waals surface area contributed by atoms with Gasteiger partial charge < -0.3 is 4.90 Å². The second kappa shape index (κ2) is 4.88. The van der Waals surface area contributed by atoms with Gasteiger partial charge in [-0.05, 0) is 18.6 Å². The van der Waals surface area contributed by atoms with Crippen LogP contribution in [0.15, 0.2) is 18.2 Å². The fourth-order valence-electron chi connectivity index (χ4n) is 2.13. The zero-order chi connectivity index (χ0) is 14.2. The molecule has 2 rings (SSSR count). The predicted octanol–water partition coefficient (Wildman–Crippen LogP) is 1.22. The molecule has 0 aromatic heterocycles. The Kier molecular flexibility index (Phi) is 3.58. The fourth-order valence-corrected chi connectivity index (χ4v) is 3.90. The Morgan fingerprint density at radius 2 is 1.84 bits per heavy atom. The molecule has 1 unspecified atom stereocenters. The second-order valence-corrected chi connectivity index (χ2v) is 6.86. The van der Waals surface area contributed by atoms with E-state index in [9.17, 15) is 22.0 Å². The molecule has 1 aliphatic rings. The maximum atomic E-state index is 13.0. The molecule has 1 amide bonds. The molecule has 0 N–H and O–H groups in total. The molecule has 0 radical (unpaired) electrons. The van der Waals surface area contributed by atoms with Crippen LogP contribution < -0.4 is 0 Å². The molecule has 1 atom stereocenters. The third kappa shape index (κ3) is 3.09. The van der Waals surface area contributed by atoms with Crippen LogP contribution in [0.5, 0.6) is 0 Å². The van der Waals surface area contributed by atoms with E-state index in [1.54, 1.807) is 0 Å². The van der Waals surface area contributed by atoms with Crippen LogP contribution in [0.2, 0.25) is 0 Å². The lowest BCUT2D eigenvalue weighted by molar-refractivity contribution is 0.0746. The summed E-state index contributed by atoms with van der Waals surface area (Å²) in [4.78, 5) is 13.3. The van der Waals surface area contributed by atoms with Crippen molar-refractivity contribution in [3.8, 4) is 0 Å². The van der Waals surface area contributed by atoms with Crippen molar-refractivity contribution in [2.24, 2.45) is 0 Å². The molecule has 19 heavy (non-hydrogen) atoms. The molecule has 0 saturated carbocycles. The van der Waals surface area contributed by atoms with E-state index < -0.39 is 33.4 Å². The van der Waals surface area contributed by atoms with Crippen molar-refractivity contribution in [3.05, 3.63) is 35.4 Å². The summed E-state index contributed by atoms with van der Waals surface area (Å²) in [6.07, 6.45) is 0.350. The molecule has 1 saturated heterocycles. The number of benzene rings is 1. The van der Waals surface area contributed by atoms with Crippen LogP contribution in [0.4, 0.5) is 8.78 Å². The van der Waals surface area contributed by atoms with Crippen molar-refractivity contribution in [2.75, 3.05) is 18.6 Å². The number of amides is 1. The standard InChI is InChI=1S/C12H13F2NO3S/c1-15(11-2-3-19(17,18)7-11)12(16)8-4-9(13)6-10(14)5-8/h4-6,11H,2-3,7H2,1H3. The van der Waals surface area contributed by atoms with Gasteiger partial charge >= 0.3 is 0 Å². The second-order valence-electron chi connectivity index (χ2n) is 4.63. The van der Waals surface area contributed by atoms with Crippen LogP contribution in [-0.2, 0) is 9.84 Å². The molecular formula is C12H13F2NO3S. The summed E-state index contributed by atoms with van der Waals surface area (Å²) in [6.45, 7) is 0. The van der Waals surface area contributed by atoms with Crippen LogP contribution >= 0.6 is 0 Å². The number of sulfone groups is 1. The molecule has 0 bridgehead atoms. The maximum absolute atomic E-state index is 13.0. The number of rotatable bonds is 2. The van der Waals surface area contributed by atoms with Crippen LogP contribution in [0, 0.1) is 11.6 Å². The molecule has 0 spiro atoms. The zero-order valence-electron chi connectivity index (χ0n) is 10.3. The first-order valence-corrected chi connectivity index (χ1v) is 7.54. The molecular weight excluding hydrogens is 276 g/mol. The summed E-state index contributed by atoms with van der Waals surface area (Å²) in [6, 6.07) is 2.11. The van der Waals surface area contributed by atoms with Crippen molar-refractivity contribution in [1.29, 1.82) is 0 Å². The zero-order valence-corrected chi connectivity index (χ0v) is 11.1. The fraction of sp³-hybridized carbons (Fsp3) is 0.417. The van der Waals surface area contributed by atoms with Gasteiger partial charge in [0.05, 0.1) is 11.5 Å². The van der Waals surface area contributed by atoms with Crippen LogP contribution in [0.3, 0.4) is 0 Å². The molecule has 1 aromatic rings. The highest BCUT2D eigenvalue weighted by molar-refractivity contribution is 7.91. The molecule has 1 heterocycles. The Morgan fingerprint density at radius 1 is 1.26 bits per heavy atom. The van der Waals surface area contributed by atoms with Crippen molar-refractivity contribution >= 4 is 15.7 Å². The molecule has 1 aliphatic heterocycles. The highest BCUT2D eigenvalue weighted by atomic mass is 32.2. The van der Waals surface area contributed by atoms with E-state index in [1.165, 1.54) is 11.9 Å². The average molecular weight is 289 g/mol. The minimum absolute atomic E-state index is 0.0345. The molecule has 4 nitrogen and oxygen atoms in total.